The molecule has 0 unspecified atom stereocenters. The summed E-state index contributed by atoms with van der Waals surface area (Å²) in [6.07, 6.45) is 3.62. The fraction of sp³-hybridized carbons (Fsp3) is 0.632. The topological polar surface area (TPSA) is 45.7 Å². The number of guanidine groups is 1. The summed E-state index contributed by atoms with van der Waals surface area (Å²) in [6, 6.07) is 6.77. The molecule has 0 atom stereocenters. The zero-order chi connectivity index (χ0) is 17.4. The maximum atomic E-state index is 13.4. The molecule has 1 aromatic carbocycles. The Morgan fingerprint density at radius 3 is 2.79 bits per heavy atom. The molecular formula is C19H30FN3O. The zero-order valence-corrected chi connectivity index (χ0v) is 15.1. The van der Waals surface area contributed by atoms with Crippen molar-refractivity contribution in [3.05, 3.63) is 35.6 Å². The highest BCUT2D eigenvalue weighted by Gasteiger charge is 2.22. The predicted molar refractivity (Wildman–Crippen MR) is 97.0 cm³/mol. The van der Waals surface area contributed by atoms with Crippen LogP contribution in [0.15, 0.2) is 29.3 Å². The van der Waals surface area contributed by atoms with Gasteiger partial charge in [-0.05, 0) is 42.9 Å². The van der Waals surface area contributed by atoms with E-state index in [1.807, 2.05) is 6.07 Å². The van der Waals surface area contributed by atoms with Crippen molar-refractivity contribution in [2.75, 3.05) is 33.4 Å². The zero-order valence-electron chi connectivity index (χ0n) is 15.1. The Labute approximate surface area is 144 Å². The third-order valence-electron chi connectivity index (χ3n) is 4.34. The molecule has 1 fully saturated rings. The van der Waals surface area contributed by atoms with Gasteiger partial charge in [0.15, 0.2) is 5.96 Å². The molecule has 1 aliphatic rings. The van der Waals surface area contributed by atoms with Crippen LogP contribution in [0.3, 0.4) is 0 Å². The largest absolute Gasteiger partial charge is 0.381 e. The van der Waals surface area contributed by atoms with Gasteiger partial charge >= 0.3 is 0 Å². The number of hydrogen-bond donors (Lipinski definition) is 2. The Kier molecular flexibility index (Phi) is 7.03. The van der Waals surface area contributed by atoms with Gasteiger partial charge in [0.05, 0.1) is 0 Å². The van der Waals surface area contributed by atoms with E-state index in [2.05, 4.69) is 29.5 Å². The lowest BCUT2D eigenvalue weighted by atomic mass is 9.84. The van der Waals surface area contributed by atoms with Gasteiger partial charge in [-0.25, -0.2) is 4.39 Å². The molecule has 2 N–H and O–H groups in total. The number of halogens is 1. The molecule has 0 saturated heterocycles. The second-order valence-electron chi connectivity index (χ2n) is 7.12. The lowest BCUT2D eigenvalue weighted by molar-refractivity contribution is 0.123. The van der Waals surface area contributed by atoms with E-state index < -0.39 is 0 Å². The molecule has 0 spiro atoms. The minimum Gasteiger partial charge on any atom is -0.381 e. The van der Waals surface area contributed by atoms with Crippen molar-refractivity contribution in [2.45, 2.75) is 38.5 Å². The van der Waals surface area contributed by atoms with Gasteiger partial charge in [0.2, 0.25) is 0 Å². The van der Waals surface area contributed by atoms with E-state index in [-0.39, 0.29) is 11.2 Å². The average Bonchev–Trinajstić information content (AvgIpc) is 3.38. The van der Waals surface area contributed by atoms with Crippen LogP contribution in [0.1, 0.15) is 38.7 Å². The normalized spacial score (nSPS) is 15.4. The lowest BCUT2D eigenvalue weighted by Gasteiger charge is -2.26. The highest BCUT2D eigenvalue weighted by molar-refractivity contribution is 5.79. The molecule has 0 heterocycles. The maximum Gasteiger partial charge on any atom is 0.191 e. The molecule has 1 aliphatic carbocycles. The van der Waals surface area contributed by atoms with Gasteiger partial charge in [-0.2, -0.15) is 0 Å². The van der Waals surface area contributed by atoms with Gasteiger partial charge in [-0.1, -0.05) is 26.0 Å². The summed E-state index contributed by atoms with van der Waals surface area (Å²) >= 11 is 0. The molecule has 4 nitrogen and oxygen atoms in total. The molecule has 1 saturated carbocycles. The van der Waals surface area contributed by atoms with Crippen LogP contribution in [0.4, 0.5) is 4.39 Å². The van der Waals surface area contributed by atoms with Gasteiger partial charge in [0.1, 0.15) is 5.82 Å². The van der Waals surface area contributed by atoms with E-state index in [1.165, 1.54) is 18.9 Å². The fourth-order valence-corrected chi connectivity index (χ4v) is 2.45. The Bertz CT molecular complexity index is 541. The first-order chi connectivity index (χ1) is 11.5. The summed E-state index contributed by atoms with van der Waals surface area (Å²) in [5.41, 5.74) is 0.784. The Morgan fingerprint density at radius 1 is 1.33 bits per heavy atom. The number of rotatable bonds is 9. The molecule has 1 aromatic rings. The molecule has 5 heteroatoms. The van der Waals surface area contributed by atoms with Gasteiger partial charge < -0.3 is 15.4 Å². The van der Waals surface area contributed by atoms with Crippen LogP contribution in [0.5, 0.6) is 0 Å². The van der Waals surface area contributed by atoms with E-state index in [0.717, 1.165) is 43.6 Å². The molecule has 2 rings (SSSR count). The van der Waals surface area contributed by atoms with E-state index in [0.29, 0.717) is 6.54 Å². The number of nitrogens with zero attached hydrogens (tertiary/aromatic N) is 1. The molecule has 0 aliphatic heterocycles. The van der Waals surface area contributed by atoms with Crippen LogP contribution in [0, 0.1) is 11.7 Å². The Morgan fingerprint density at radius 2 is 2.12 bits per heavy atom. The van der Waals surface area contributed by atoms with E-state index in [1.54, 1.807) is 19.2 Å². The monoisotopic (exact) mass is 335 g/mol. The van der Waals surface area contributed by atoms with Crippen molar-refractivity contribution >= 4 is 5.96 Å². The van der Waals surface area contributed by atoms with E-state index in [9.17, 15) is 4.39 Å². The van der Waals surface area contributed by atoms with Crippen molar-refractivity contribution in [3.63, 3.8) is 0 Å². The first kappa shape index (κ1) is 18.7. The summed E-state index contributed by atoms with van der Waals surface area (Å²) in [5.74, 6) is 1.38. The van der Waals surface area contributed by atoms with E-state index >= 15 is 0 Å². The molecule has 0 radical (unpaired) electrons. The van der Waals surface area contributed by atoms with Gasteiger partial charge in [0, 0.05) is 38.8 Å². The van der Waals surface area contributed by atoms with Crippen LogP contribution < -0.4 is 10.6 Å². The Hall–Kier alpha value is -1.62. The second kappa shape index (κ2) is 9.02. The highest BCUT2D eigenvalue weighted by atomic mass is 19.1. The summed E-state index contributed by atoms with van der Waals surface area (Å²) in [7, 11) is 1.76. The quantitative estimate of drug-likeness (QED) is 0.414. The number of aliphatic imine (C=N–C) groups is 1. The predicted octanol–water partition coefficient (Wildman–Crippen LogP) is 3.09. The van der Waals surface area contributed by atoms with Crippen molar-refractivity contribution in [2.24, 2.45) is 10.9 Å². The van der Waals surface area contributed by atoms with Crippen molar-refractivity contribution < 1.29 is 9.13 Å². The first-order valence-corrected chi connectivity index (χ1v) is 8.79. The van der Waals surface area contributed by atoms with Gasteiger partial charge in [-0.15, -0.1) is 0 Å². The molecule has 0 bridgehead atoms. The number of ether oxygens (including phenoxy) is 1. The summed E-state index contributed by atoms with van der Waals surface area (Å²) in [5, 5.41) is 6.62. The standard InChI is InChI=1S/C19H30FN3O/c1-19(2,16-6-4-7-17(20)12-16)14-23-18(21-3)22-10-5-11-24-13-15-8-9-15/h4,6-7,12,15H,5,8-11,13-14H2,1-3H3,(H2,21,22,23). The van der Waals surface area contributed by atoms with Crippen LogP contribution in [-0.2, 0) is 10.2 Å². The van der Waals surface area contributed by atoms with Crippen LogP contribution >= 0.6 is 0 Å². The number of hydrogen-bond acceptors (Lipinski definition) is 2. The van der Waals surface area contributed by atoms with Crippen LogP contribution in [-0.4, -0.2) is 39.3 Å². The minimum absolute atomic E-state index is 0.187. The van der Waals surface area contributed by atoms with Crippen molar-refractivity contribution in [1.82, 2.24) is 10.6 Å². The third kappa shape index (κ3) is 6.48. The SMILES string of the molecule is CN=C(NCCCOCC1CC1)NCC(C)(C)c1cccc(F)c1. The summed E-state index contributed by atoms with van der Waals surface area (Å²) in [6.45, 7) is 7.38. The smallest absolute Gasteiger partial charge is 0.191 e. The second-order valence-corrected chi connectivity index (χ2v) is 7.12. The molecule has 0 aromatic heterocycles. The van der Waals surface area contributed by atoms with E-state index in [4.69, 9.17) is 4.74 Å². The van der Waals surface area contributed by atoms with Crippen molar-refractivity contribution in [1.29, 1.82) is 0 Å². The lowest BCUT2D eigenvalue weighted by Crippen LogP contribution is -2.43. The molecular weight excluding hydrogens is 305 g/mol. The van der Waals surface area contributed by atoms with Gasteiger partial charge in [0.25, 0.3) is 0 Å². The van der Waals surface area contributed by atoms with Gasteiger partial charge in [-0.3, -0.25) is 4.99 Å². The number of nitrogens with one attached hydrogen (secondary N) is 2. The Balaban J connectivity index is 1.67. The highest BCUT2D eigenvalue weighted by Crippen LogP contribution is 2.28. The minimum atomic E-state index is -0.200. The third-order valence-corrected chi connectivity index (χ3v) is 4.34. The fourth-order valence-electron chi connectivity index (χ4n) is 2.45. The maximum absolute atomic E-state index is 13.4. The first-order valence-electron chi connectivity index (χ1n) is 8.79. The summed E-state index contributed by atoms with van der Waals surface area (Å²) < 4.78 is 19.0. The van der Waals surface area contributed by atoms with Crippen molar-refractivity contribution in [3.8, 4) is 0 Å². The van der Waals surface area contributed by atoms with Crippen LogP contribution in [0.2, 0.25) is 0 Å². The average molecular weight is 335 g/mol. The van der Waals surface area contributed by atoms with Crippen LogP contribution in [0.25, 0.3) is 0 Å². The number of benzene rings is 1. The summed E-state index contributed by atoms with van der Waals surface area (Å²) in [4.78, 5) is 4.24. The molecule has 24 heavy (non-hydrogen) atoms. The molecule has 0 amide bonds. The molecule has 134 valence electrons.